The summed E-state index contributed by atoms with van der Waals surface area (Å²) in [6, 6.07) is 31.3. The van der Waals surface area contributed by atoms with Crippen molar-refractivity contribution in [2.24, 2.45) is 5.73 Å². The number of nitrogens with two attached hydrogens (primary N) is 1. The number of anilines is 1. The number of nitrogens with zero attached hydrogens (tertiary/aromatic N) is 4. The third-order valence-corrected chi connectivity index (χ3v) is 7.77. The van der Waals surface area contributed by atoms with Gasteiger partial charge in [-0.1, -0.05) is 60.7 Å². The Morgan fingerprint density at radius 3 is 2.26 bits per heavy atom. The molecular weight excluding hydrogens is 578 g/mol. The molecule has 0 amide bonds. The van der Waals surface area contributed by atoms with Gasteiger partial charge in [-0.3, -0.25) is 14.7 Å². The van der Waals surface area contributed by atoms with E-state index in [2.05, 4.69) is 91.4 Å². The van der Waals surface area contributed by atoms with Crippen LogP contribution < -0.4 is 16.2 Å². The predicted molar refractivity (Wildman–Crippen MR) is 183 cm³/mol. The Morgan fingerprint density at radius 2 is 1.61 bits per heavy atom. The summed E-state index contributed by atoms with van der Waals surface area (Å²) in [5.41, 5.74) is 13.7. The maximum atomic E-state index is 13.5. The molecule has 7 aromatic rings. The monoisotopic (exact) mass is 613 g/mol. The Morgan fingerprint density at radius 1 is 0.935 bits per heavy atom. The number of aryl methyl sites for hydroxylation is 1. The minimum Gasteiger partial charge on any atom is -0.481 e. The lowest BCUT2D eigenvalue weighted by Crippen LogP contribution is -2.22. The highest BCUT2D eigenvalue weighted by atomic mass is 16.4. The zero-order valence-corrected chi connectivity index (χ0v) is 25.5. The van der Waals surface area contributed by atoms with Crippen LogP contribution in [0.25, 0.3) is 44.1 Å². The molecule has 0 unspecified atom stereocenters. The maximum Gasteiger partial charge on any atom is 0.300 e. The molecule has 10 heteroatoms. The standard InChI is InChI=1S/C34H31N7O.C2H4O2/c35-14-7-15-40-22-28(33-34(42)38-30-16-25-19-36-39-29(25)18-31(30)37-33)27-17-26(12-13-32(27)40)41(20-23-8-3-1-4-9-23)21-24-10-5-2-6-11-24;1-2(3)4/h1-6,8-13,16-19,22H,7,14-15,20-21,35H2,(H,36,39)(H,38,42);1H3,(H,3,4). The van der Waals surface area contributed by atoms with Crippen molar-refractivity contribution in [3.63, 3.8) is 0 Å². The SMILES string of the molecule is CC(=O)O.NCCCn1cc(-c2nc3cc4[nH]ncc4cc3[nH]c2=O)c2cc(N(Cc3ccccc3)Cc3ccccc3)ccc21. The van der Waals surface area contributed by atoms with Crippen LogP contribution in [0.4, 0.5) is 5.69 Å². The van der Waals surface area contributed by atoms with Crippen molar-refractivity contribution in [1.29, 1.82) is 0 Å². The Hall–Kier alpha value is -5.74. The highest BCUT2D eigenvalue weighted by Crippen LogP contribution is 2.33. The van der Waals surface area contributed by atoms with Crippen molar-refractivity contribution in [3.8, 4) is 11.3 Å². The van der Waals surface area contributed by atoms with E-state index < -0.39 is 5.97 Å². The van der Waals surface area contributed by atoms with Gasteiger partial charge in [0.15, 0.2) is 0 Å². The molecule has 46 heavy (non-hydrogen) atoms. The summed E-state index contributed by atoms with van der Waals surface area (Å²) in [4.78, 5) is 32.8. The number of rotatable bonds is 9. The topological polar surface area (TPSA) is 146 Å². The summed E-state index contributed by atoms with van der Waals surface area (Å²) in [7, 11) is 0. The van der Waals surface area contributed by atoms with E-state index in [9.17, 15) is 4.79 Å². The van der Waals surface area contributed by atoms with E-state index in [-0.39, 0.29) is 5.56 Å². The summed E-state index contributed by atoms with van der Waals surface area (Å²) in [5.74, 6) is -0.833. The fourth-order valence-corrected chi connectivity index (χ4v) is 5.67. The van der Waals surface area contributed by atoms with Crippen LogP contribution in [0.15, 0.2) is 108 Å². The molecule has 0 atom stereocenters. The van der Waals surface area contributed by atoms with Crippen LogP contribution >= 0.6 is 0 Å². The van der Waals surface area contributed by atoms with Crippen LogP contribution in [0.2, 0.25) is 0 Å². The van der Waals surface area contributed by atoms with Crippen LogP contribution in [-0.4, -0.2) is 42.4 Å². The van der Waals surface area contributed by atoms with Gasteiger partial charge in [-0.25, -0.2) is 4.98 Å². The number of hydrogen-bond acceptors (Lipinski definition) is 6. The minimum absolute atomic E-state index is 0.223. The molecule has 3 heterocycles. The fraction of sp³-hybridized carbons (Fsp3) is 0.167. The first-order valence-electron chi connectivity index (χ1n) is 15.1. The average Bonchev–Trinajstić information content (AvgIpc) is 3.66. The molecule has 0 radical (unpaired) electrons. The van der Waals surface area contributed by atoms with E-state index in [0.29, 0.717) is 23.3 Å². The number of carboxylic acids is 1. The Labute approximate surface area is 265 Å². The Bertz CT molecular complexity index is 2120. The van der Waals surface area contributed by atoms with Crippen molar-refractivity contribution in [2.45, 2.75) is 33.0 Å². The normalized spacial score (nSPS) is 11.1. The number of carbonyl (C=O) groups is 1. The van der Waals surface area contributed by atoms with E-state index in [1.54, 1.807) is 6.20 Å². The summed E-state index contributed by atoms with van der Waals surface area (Å²) in [6.45, 7) is 3.92. The number of aromatic nitrogens is 5. The molecule has 5 N–H and O–H groups in total. The summed E-state index contributed by atoms with van der Waals surface area (Å²) < 4.78 is 2.18. The van der Waals surface area contributed by atoms with Gasteiger partial charge in [-0.2, -0.15) is 5.10 Å². The summed E-state index contributed by atoms with van der Waals surface area (Å²) in [5, 5.41) is 16.4. The quantitative estimate of drug-likeness (QED) is 0.155. The average molecular weight is 614 g/mol. The first-order chi connectivity index (χ1) is 22.4. The summed E-state index contributed by atoms with van der Waals surface area (Å²) in [6.07, 6.45) is 4.61. The number of hydrogen-bond donors (Lipinski definition) is 4. The minimum atomic E-state index is -0.833. The number of carboxylic acid groups (broad SMARTS) is 1. The van der Waals surface area contributed by atoms with Crippen molar-refractivity contribution >= 4 is 44.5 Å². The molecule has 0 aliphatic carbocycles. The Balaban J connectivity index is 0.000000879. The van der Waals surface area contributed by atoms with Crippen LogP contribution in [0.1, 0.15) is 24.5 Å². The number of benzene rings is 4. The molecule has 0 spiro atoms. The second-order valence-corrected chi connectivity index (χ2v) is 11.2. The number of fused-ring (bicyclic) bond motifs is 3. The largest absolute Gasteiger partial charge is 0.481 e. The fourth-order valence-electron chi connectivity index (χ4n) is 5.67. The Kier molecular flexibility index (Phi) is 8.89. The van der Waals surface area contributed by atoms with Gasteiger partial charge in [0.1, 0.15) is 5.69 Å². The van der Waals surface area contributed by atoms with E-state index in [0.717, 1.165) is 66.0 Å². The van der Waals surface area contributed by atoms with Gasteiger partial charge in [0.25, 0.3) is 11.5 Å². The lowest BCUT2D eigenvalue weighted by Gasteiger charge is -2.26. The molecule has 0 saturated heterocycles. The van der Waals surface area contributed by atoms with Crippen molar-refractivity contribution in [3.05, 3.63) is 125 Å². The van der Waals surface area contributed by atoms with Crippen molar-refractivity contribution in [2.75, 3.05) is 11.4 Å². The van der Waals surface area contributed by atoms with Crippen LogP contribution in [0.3, 0.4) is 0 Å². The molecule has 0 fully saturated rings. The number of aliphatic carboxylic acids is 1. The van der Waals surface area contributed by atoms with Gasteiger partial charge in [0, 0.05) is 60.3 Å². The van der Waals surface area contributed by atoms with Crippen LogP contribution in [-0.2, 0) is 24.4 Å². The van der Waals surface area contributed by atoms with E-state index in [1.807, 2.05) is 30.5 Å². The molecule has 7 rings (SSSR count). The summed E-state index contributed by atoms with van der Waals surface area (Å²) >= 11 is 0. The molecule has 3 aromatic heterocycles. The first kappa shape index (κ1) is 30.3. The molecule has 10 nitrogen and oxygen atoms in total. The lowest BCUT2D eigenvalue weighted by molar-refractivity contribution is -0.134. The number of aromatic amines is 2. The van der Waals surface area contributed by atoms with Crippen LogP contribution in [0.5, 0.6) is 0 Å². The molecule has 0 aliphatic rings. The van der Waals surface area contributed by atoms with Gasteiger partial charge in [-0.15, -0.1) is 0 Å². The maximum absolute atomic E-state index is 13.5. The molecule has 232 valence electrons. The number of H-pyrrole nitrogens is 2. The highest BCUT2D eigenvalue weighted by Gasteiger charge is 2.18. The van der Waals surface area contributed by atoms with Crippen LogP contribution in [0, 0.1) is 0 Å². The highest BCUT2D eigenvalue weighted by molar-refractivity contribution is 5.99. The van der Waals surface area contributed by atoms with E-state index in [1.165, 1.54) is 11.1 Å². The van der Waals surface area contributed by atoms with Gasteiger partial charge < -0.3 is 25.3 Å². The van der Waals surface area contributed by atoms with Crippen molar-refractivity contribution in [1.82, 2.24) is 24.7 Å². The second kappa shape index (κ2) is 13.5. The lowest BCUT2D eigenvalue weighted by atomic mass is 10.1. The van der Waals surface area contributed by atoms with E-state index >= 15 is 0 Å². The van der Waals surface area contributed by atoms with Gasteiger partial charge in [0.2, 0.25) is 0 Å². The third-order valence-electron chi connectivity index (χ3n) is 7.77. The zero-order valence-electron chi connectivity index (χ0n) is 25.5. The molecule has 0 aliphatic heterocycles. The van der Waals surface area contributed by atoms with Gasteiger partial charge >= 0.3 is 0 Å². The first-order valence-corrected chi connectivity index (χ1v) is 15.1. The van der Waals surface area contributed by atoms with Crippen molar-refractivity contribution < 1.29 is 9.90 Å². The molecule has 4 aromatic carbocycles. The van der Waals surface area contributed by atoms with E-state index in [4.69, 9.17) is 20.6 Å². The molecule has 0 saturated carbocycles. The van der Waals surface area contributed by atoms with Gasteiger partial charge in [-0.05, 0) is 54.4 Å². The van der Waals surface area contributed by atoms with Gasteiger partial charge in [0.05, 0.1) is 22.7 Å². The predicted octanol–water partition coefficient (Wildman–Crippen LogP) is 6.07. The number of nitrogens with one attached hydrogen (secondary N) is 2. The third kappa shape index (κ3) is 6.67. The molecular formula is C36H35N7O3. The molecule has 0 bridgehead atoms. The second-order valence-electron chi connectivity index (χ2n) is 11.2. The zero-order chi connectivity index (χ0) is 32.0. The smallest absolute Gasteiger partial charge is 0.300 e.